The molecule has 1 N–H and O–H groups in total. The molecule has 1 fully saturated rings. The molecule has 0 aromatic rings. The van der Waals surface area contributed by atoms with E-state index in [2.05, 4.69) is 53.4 Å². The lowest BCUT2D eigenvalue weighted by molar-refractivity contribution is 0.231. The van der Waals surface area contributed by atoms with Crippen molar-refractivity contribution in [2.24, 2.45) is 21.7 Å². The van der Waals surface area contributed by atoms with Crippen LogP contribution >= 0.6 is 0 Å². The number of rotatable bonds is 1. The van der Waals surface area contributed by atoms with Gasteiger partial charge in [0.1, 0.15) is 5.84 Å². The van der Waals surface area contributed by atoms with Crippen molar-refractivity contribution >= 4 is 5.84 Å². The molecule has 2 aliphatic heterocycles. The number of nitrogens with zero attached hydrogens (tertiary/aromatic N) is 2. The van der Waals surface area contributed by atoms with E-state index in [4.69, 9.17) is 4.99 Å². The third-order valence-corrected chi connectivity index (χ3v) is 4.29. The molecule has 2 rings (SSSR count). The van der Waals surface area contributed by atoms with E-state index in [1.807, 2.05) is 0 Å². The second kappa shape index (κ2) is 4.87. The summed E-state index contributed by atoms with van der Waals surface area (Å²) >= 11 is 0. The van der Waals surface area contributed by atoms with Gasteiger partial charge in [0, 0.05) is 30.2 Å². The van der Waals surface area contributed by atoms with Gasteiger partial charge in [0.2, 0.25) is 0 Å². The van der Waals surface area contributed by atoms with Crippen LogP contribution in [0.3, 0.4) is 0 Å². The van der Waals surface area contributed by atoms with Crippen LogP contribution in [0.25, 0.3) is 0 Å². The average Bonchev–Trinajstić information content (AvgIpc) is 2.67. The van der Waals surface area contributed by atoms with E-state index in [0.717, 1.165) is 13.0 Å². The highest BCUT2D eigenvalue weighted by Crippen LogP contribution is 2.44. The van der Waals surface area contributed by atoms with Gasteiger partial charge in [-0.1, -0.05) is 41.5 Å². The predicted octanol–water partition coefficient (Wildman–Crippen LogP) is 3.45. The minimum atomic E-state index is 0.0489. The zero-order valence-electron chi connectivity index (χ0n) is 14.1. The number of fused-ring (bicyclic) bond motifs is 1. The molecular formula is C17H30N2O. The molecule has 0 aliphatic carbocycles. The van der Waals surface area contributed by atoms with Gasteiger partial charge in [-0.05, 0) is 24.3 Å². The van der Waals surface area contributed by atoms with E-state index < -0.39 is 0 Å². The van der Waals surface area contributed by atoms with Gasteiger partial charge >= 0.3 is 0 Å². The van der Waals surface area contributed by atoms with Crippen LogP contribution in [0, 0.1) is 16.7 Å². The molecule has 0 radical (unpaired) electrons. The van der Waals surface area contributed by atoms with Gasteiger partial charge in [0.25, 0.3) is 0 Å². The number of aliphatic hydroxyl groups is 1. The van der Waals surface area contributed by atoms with E-state index in [9.17, 15) is 5.11 Å². The first-order valence-electron chi connectivity index (χ1n) is 7.76. The van der Waals surface area contributed by atoms with Crippen LogP contribution in [0.4, 0.5) is 0 Å². The maximum Gasteiger partial charge on any atom is 0.109 e. The number of hydrogen-bond acceptors (Lipinski definition) is 3. The van der Waals surface area contributed by atoms with E-state index in [1.54, 1.807) is 0 Å². The Morgan fingerprint density at radius 2 is 1.75 bits per heavy atom. The highest BCUT2D eigenvalue weighted by atomic mass is 16.3. The summed E-state index contributed by atoms with van der Waals surface area (Å²) in [6.07, 6.45) is 0.989. The molecule has 0 spiro atoms. The Balaban J connectivity index is 2.51. The Morgan fingerprint density at radius 3 is 2.20 bits per heavy atom. The van der Waals surface area contributed by atoms with Crippen molar-refractivity contribution in [3.8, 4) is 0 Å². The number of aliphatic hydroxyl groups excluding tert-OH is 1. The van der Waals surface area contributed by atoms with E-state index in [0.29, 0.717) is 5.92 Å². The lowest BCUT2D eigenvalue weighted by Gasteiger charge is -2.41. The zero-order chi connectivity index (χ0) is 15.3. The molecule has 1 saturated heterocycles. The van der Waals surface area contributed by atoms with Crippen LogP contribution in [0.1, 0.15) is 54.9 Å². The summed E-state index contributed by atoms with van der Waals surface area (Å²) in [7, 11) is 0. The fraction of sp³-hybridized carbons (Fsp3) is 0.824. The van der Waals surface area contributed by atoms with Crippen molar-refractivity contribution < 1.29 is 5.11 Å². The normalized spacial score (nSPS) is 27.8. The molecule has 3 heteroatoms. The van der Waals surface area contributed by atoms with Gasteiger partial charge in [0.05, 0.1) is 6.04 Å². The number of hydrogen-bond donors (Lipinski definition) is 1. The van der Waals surface area contributed by atoms with E-state index in [1.165, 1.54) is 17.1 Å². The van der Waals surface area contributed by atoms with Gasteiger partial charge in [-0.25, -0.2) is 0 Å². The molecule has 114 valence electrons. The first-order valence-corrected chi connectivity index (χ1v) is 7.76. The molecule has 0 unspecified atom stereocenters. The van der Waals surface area contributed by atoms with Gasteiger partial charge in [-0.2, -0.15) is 0 Å². The first-order chi connectivity index (χ1) is 9.05. The van der Waals surface area contributed by atoms with Gasteiger partial charge in [-0.15, -0.1) is 0 Å². The topological polar surface area (TPSA) is 35.8 Å². The van der Waals surface area contributed by atoms with Crippen LogP contribution in [-0.4, -0.2) is 35.0 Å². The Hall–Kier alpha value is -0.830. The second-order valence-corrected chi connectivity index (χ2v) is 8.35. The Bertz CT molecular complexity index is 449. The van der Waals surface area contributed by atoms with E-state index >= 15 is 0 Å². The predicted molar refractivity (Wildman–Crippen MR) is 84.7 cm³/mol. The average molecular weight is 278 g/mol. The van der Waals surface area contributed by atoms with Gasteiger partial charge in [0.15, 0.2) is 0 Å². The summed E-state index contributed by atoms with van der Waals surface area (Å²) in [5.74, 6) is 1.53. The number of allylic oxidation sites excluding steroid dienone is 1. The monoisotopic (exact) mass is 278 g/mol. The molecule has 2 atom stereocenters. The van der Waals surface area contributed by atoms with Crippen molar-refractivity contribution in [3.63, 3.8) is 0 Å². The summed E-state index contributed by atoms with van der Waals surface area (Å²) in [6, 6.07) is 0.243. The second-order valence-electron chi connectivity index (χ2n) is 8.35. The van der Waals surface area contributed by atoms with Crippen LogP contribution in [0.2, 0.25) is 0 Å². The molecule has 0 bridgehead atoms. The summed E-state index contributed by atoms with van der Waals surface area (Å²) in [5, 5.41) is 9.57. The van der Waals surface area contributed by atoms with Crippen molar-refractivity contribution in [1.29, 1.82) is 0 Å². The fourth-order valence-electron chi connectivity index (χ4n) is 3.63. The largest absolute Gasteiger partial charge is 0.396 e. The van der Waals surface area contributed by atoms with E-state index in [-0.39, 0.29) is 23.5 Å². The maximum absolute atomic E-state index is 9.57. The third-order valence-electron chi connectivity index (χ3n) is 4.29. The molecular weight excluding hydrogens is 248 g/mol. The first kappa shape index (κ1) is 15.6. The SMILES string of the molecule is C[C@@H]1N=C(C(C)(C)C)N2C[C@@H](CO)CC2=C1C(C)(C)C. The maximum atomic E-state index is 9.57. The quantitative estimate of drug-likeness (QED) is 0.797. The molecule has 2 aliphatic rings. The van der Waals surface area contributed by atoms with Gasteiger partial charge in [-0.3, -0.25) is 4.99 Å². The summed E-state index contributed by atoms with van der Waals surface area (Å²) in [6.45, 7) is 16.9. The third kappa shape index (κ3) is 2.65. The summed E-state index contributed by atoms with van der Waals surface area (Å²) < 4.78 is 0. The lowest BCUT2D eigenvalue weighted by atomic mass is 9.79. The molecule has 3 nitrogen and oxygen atoms in total. The summed E-state index contributed by atoms with van der Waals surface area (Å²) in [5.41, 5.74) is 3.04. The van der Waals surface area contributed by atoms with Crippen molar-refractivity contribution in [2.45, 2.75) is 60.9 Å². The van der Waals surface area contributed by atoms with Crippen molar-refractivity contribution in [3.05, 3.63) is 11.3 Å². The van der Waals surface area contributed by atoms with Crippen LogP contribution in [0.5, 0.6) is 0 Å². The molecule has 0 aromatic carbocycles. The van der Waals surface area contributed by atoms with Crippen molar-refractivity contribution in [1.82, 2.24) is 4.90 Å². The zero-order valence-corrected chi connectivity index (χ0v) is 14.1. The molecule has 0 aromatic heterocycles. The minimum Gasteiger partial charge on any atom is -0.396 e. The van der Waals surface area contributed by atoms with Gasteiger partial charge < -0.3 is 10.0 Å². The Labute approximate surface area is 123 Å². The van der Waals surface area contributed by atoms with Crippen molar-refractivity contribution in [2.75, 3.05) is 13.2 Å². The Kier molecular flexibility index (Phi) is 3.79. The van der Waals surface area contributed by atoms with Crippen LogP contribution in [0.15, 0.2) is 16.3 Å². The minimum absolute atomic E-state index is 0.0489. The highest BCUT2D eigenvalue weighted by molar-refractivity contribution is 5.90. The summed E-state index contributed by atoms with van der Waals surface area (Å²) in [4.78, 5) is 7.41. The lowest BCUT2D eigenvalue weighted by Crippen LogP contribution is -2.43. The number of amidine groups is 1. The smallest absolute Gasteiger partial charge is 0.109 e. The van der Waals surface area contributed by atoms with Crippen LogP contribution < -0.4 is 0 Å². The molecule has 0 saturated carbocycles. The standard InChI is InChI=1S/C17H30N2O/c1-11-14(16(2,3)4)13-8-12(10-20)9-19(13)15(18-11)17(5,6)7/h11-12,20H,8-10H2,1-7H3/t11-,12-/m0/s1. The molecule has 20 heavy (non-hydrogen) atoms. The fourth-order valence-corrected chi connectivity index (χ4v) is 3.63. The number of aliphatic imine (C=N–C) groups is 1. The molecule has 2 heterocycles. The molecule has 0 amide bonds. The highest BCUT2D eigenvalue weighted by Gasteiger charge is 2.42. The Morgan fingerprint density at radius 1 is 1.15 bits per heavy atom. The van der Waals surface area contributed by atoms with Crippen LogP contribution in [-0.2, 0) is 0 Å².